The van der Waals surface area contributed by atoms with E-state index in [0.717, 1.165) is 206 Å². The fourth-order valence-corrected chi connectivity index (χ4v) is 18.4. The molecule has 0 unspecified atom stereocenters. The third-order valence-electron chi connectivity index (χ3n) is 25.9. The zero-order valence-electron chi connectivity index (χ0n) is 86.8. The molecule has 0 atom stereocenters. The summed E-state index contributed by atoms with van der Waals surface area (Å²) in [6, 6.07) is 25.2. The molecule has 4 saturated carbocycles. The van der Waals surface area contributed by atoms with Crippen LogP contribution in [0, 0.1) is 73.0 Å². The van der Waals surface area contributed by atoms with Gasteiger partial charge >= 0.3 is 103 Å². The summed E-state index contributed by atoms with van der Waals surface area (Å²) in [5.41, 5.74) is 22.5. The van der Waals surface area contributed by atoms with Crippen molar-refractivity contribution in [2.24, 2.45) is 28.2 Å². The predicted molar refractivity (Wildman–Crippen MR) is 563 cm³/mol. The zero-order valence-corrected chi connectivity index (χ0v) is 95.9. The van der Waals surface area contributed by atoms with Crippen molar-refractivity contribution in [1.29, 1.82) is 21.0 Å². The first-order valence-electron chi connectivity index (χ1n) is 48.8. The first-order chi connectivity index (χ1) is 71.2. The van der Waals surface area contributed by atoms with E-state index in [0.29, 0.717) is 114 Å². The second-order valence-corrected chi connectivity index (χ2v) is 39.5. The number of carbonyl (C=O) groups is 3. The number of piperidine rings is 4. The van der Waals surface area contributed by atoms with Crippen LogP contribution in [0.15, 0.2) is 98.1 Å². The van der Waals surface area contributed by atoms with Crippen LogP contribution < -0.4 is 175 Å². The molecule has 8 aliphatic rings. The Morgan fingerprint density at radius 3 is 0.953 bits per heavy atom. The molecule has 12 heterocycles. The fraction of sp³-hybridized carbons (Fsp3) is 0.422. The summed E-state index contributed by atoms with van der Waals surface area (Å²) in [7, 11) is 9.13. The zero-order chi connectivity index (χ0) is 105. The standard InChI is InChI=1S/C26H29ClN8O2.C25H29ClN8O.C24H27ClN8O.C17H24N2O2.C9H6Cl2N6.CH2O3.2K.H/c1-15-10-21(24(37-18-4-5-18)11-19(15)17-6-8-35(9-7-17)16(2)36)31-26-29-13-20(27)25(32-26)30-23-14-34(3)33-22(23)12-28;1-15-10-20(23(35-17-4-5-17)11-18(15)16-6-8-33(2)9-7-16)30-25-28-13-19(26)24(31-25)29-22-14-34(3)32-21(22)12-27;1-14-9-19(22(34-16-3-4-16)10-17(14)15-5-7-27-8-6-15)30-24-28-12-18(25)23(31-24)29-21-13-33(2)32-20(21)11-26;1-11-9-16(18)17(21-14-3-4-14)10-15(11)13-5-7-19(8-6-13)12(2)20;1-17-4-7(6(2-12)16-17)14-8-5(10)3-13-9(11)15-8;2-1-4-3;;;/h10-11,13-14,17-18H,4-9H2,1-3H3,(H2,29,30,31,32);10-11,13-14,16-17H,4-9H2,1-3H3,(H2,28,29,30,31);9-10,12-13,15-16,27H,3-8H2,1-2H3,(H2,28,29,30,31);9-10,13-14H,3-8,18H2,1-2H3;3-4H,1H3,(H,13,14,15);1,3H;;;/q;;;;;;2*+1;-1/p-1. The number of halogens is 5. The van der Waals surface area contributed by atoms with Crippen LogP contribution >= 0.6 is 58.0 Å². The van der Waals surface area contributed by atoms with Crippen LogP contribution in [0.5, 0.6) is 23.0 Å². The van der Waals surface area contributed by atoms with Crippen LogP contribution in [-0.4, -0.2) is 196 Å². The van der Waals surface area contributed by atoms with Gasteiger partial charge in [-0.2, -0.15) is 61.4 Å². The van der Waals surface area contributed by atoms with Gasteiger partial charge in [-0.3, -0.25) is 33.1 Å². The molecule has 4 aliphatic heterocycles. The molecule has 12 aromatic rings. The average molecular weight is 2190 g/mol. The number of anilines is 15. The number of nitrogens with two attached hydrogens (primary N) is 1. The molecule has 8 aromatic heterocycles. The van der Waals surface area contributed by atoms with Gasteiger partial charge in [0.05, 0.1) is 94.7 Å². The number of aromatic nitrogens is 16. The summed E-state index contributed by atoms with van der Waals surface area (Å²) in [4.78, 5) is 75.0. The van der Waals surface area contributed by atoms with Gasteiger partial charge < -0.3 is 93.5 Å². The Kier molecular flexibility index (Phi) is 41.8. The topological polar surface area (TPSA) is 522 Å². The summed E-state index contributed by atoms with van der Waals surface area (Å²) in [5, 5.41) is 88.5. The number of carbonyl (C=O) groups excluding carboxylic acids is 3. The molecule has 4 aromatic carbocycles. The first-order valence-corrected chi connectivity index (χ1v) is 50.7. The summed E-state index contributed by atoms with van der Waals surface area (Å²) < 4.78 is 31.0. The smallest absolute Gasteiger partial charge is 1.00 e. The van der Waals surface area contributed by atoms with Gasteiger partial charge in [-0.1, -0.05) is 46.4 Å². The predicted octanol–water partition coefficient (Wildman–Crippen LogP) is 11.7. The van der Waals surface area contributed by atoms with Crippen molar-refractivity contribution >= 4 is 163 Å². The third kappa shape index (κ3) is 32.1. The van der Waals surface area contributed by atoms with E-state index in [1.807, 2.05) is 21.9 Å². The Balaban J connectivity index is 0.000000169. The van der Waals surface area contributed by atoms with Gasteiger partial charge in [0.15, 0.2) is 46.0 Å². The number of benzene rings is 4. The molecule has 776 valence electrons. The number of ether oxygens (including phenoxy) is 4. The van der Waals surface area contributed by atoms with E-state index in [4.69, 9.17) is 98.0 Å². The molecule has 150 heavy (non-hydrogen) atoms. The maximum atomic E-state index is 11.7. The van der Waals surface area contributed by atoms with E-state index in [1.54, 1.807) is 80.9 Å². The number of rotatable bonds is 27. The van der Waals surface area contributed by atoms with E-state index in [9.17, 15) is 25.4 Å². The van der Waals surface area contributed by atoms with E-state index < -0.39 is 0 Å². The number of hydrogen-bond donors (Lipinski definition) is 9. The van der Waals surface area contributed by atoms with E-state index in [1.165, 1.54) is 68.4 Å². The van der Waals surface area contributed by atoms with Crippen LogP contribution in [-0.2, 0) is 47.5 Å². The summed E-state index contributed by atoms with van der Waals surface area (Å²) in [6.45, 7) is 19.2. The molecule has 0 spiro atoms. The maximum absolute atomic E-state index is 11.7. The van der Waals surface area contributed by atoms with Gasteiger partial charge in [0.1, 0.15) is 67.4 Å². The Labute approximate surface area is 981 Å². The maximum Gasteiger partial charge on any atom is 1.00 e. The minimum Gasteiger partial charge on any atom is -1.00 e. The molecular weight excluding hydrogens is 2070 g/mol. The number of hydrogen-bond acceptors (Lipinski definition) is 35. The van der Waals surface area contributed by atoms with Gasteiger partial charge in [-0.15, -0.1) is 0 Å². The van der Waals surface area contributed by atoms with Crippen LogP contribution in [0.3, 0.4) is 0 Å². The van der Waals surface area contributed by atoms with Gasteiger partial charge in [0, 0.05) is 93.0 Å². The monoisotopic (exact) mass is 2190 g/mol. The number of likely N-dealkylation sites (tertiary alicyclic amines) is 3. The average Bonchev–Trinajstić information content (AvgIpc) is 1.51. The molecule has 8 fully saturated rings. The molecule has 2 amide bonds. The van der Waals surface area contributed by atoms with Crippen LogP contribution in [0.4, 0.5) is 86.6 Å². The molecule has 0 bridgehead atoms. The fourth-order valence-electron chi connectivity index (χ4n) is 17.7. The Morgan fingerprint density at radius 1 is 0.400 bits per heavy atom. The van der Waals surface area contributed by atoms with Crippen molar-refractivity contribution in [3.63, 3.8) is 0 Å². The summed E-state index contributed by atoms with van der Waals surface area (Å²) in [6.07, 6.45) is 30.9. The van der Waals surface area contributed by atoms with Crippen LogP contribution in [0.25, 0.3) is 0 Å². The van der Waals surface area contributed by atoms with Crippen LogP contribution in [0.2, 0.25) is 25.4 Å². The summed E-state index contributed by atoms with van der Waals surface area (Å²) >= 11 is 30.6. The van der Waals surface area contributed by atoms with Gasteiger partial charge in [-0.25, -0.2) is 19.9 Å². The van der Waals surface area contributed by atoms with Crippen molar-refractivity contribution in [3.05, 3.63) is 191 Å². The Morgan fingerprint density at radius 2 is 0.667 bits per heavy atom. The Hall–Kier alpha value is -11.4. The number of amides is 2. The van der Waals surface area contributed by atoms with E-state index in [-0.39, 0.29) is 169 Å². The number of nitriles is 4. The SMILES string of the molecule is CC(=O)N1CCC(c2cc(OC3CC3)c(N)cc2C)CC1.CC(=O)N1CCC(c2cc(OC3CC3)c(Nc3ncc(Cl)c(Nc4cn(C)nc4C#N)n3)cc2C)CC1.Cc1cc(Nc2ncc(Cl)c(Nc3cn(C)nc3C#N)n2)c(OC2CC2)cc1C1CCN(C)CC1.Cc1cc(Nc2ncc(Cl)c(Nc3cn(C)nc3C#N)n2)c(OC2CC2)cc1C1CCNCC1.Cn1cc(Nc2nc(Cl)ncc2Cl)c(C#N)n1.O=CO[O-].[H-].[K+].[K+]. The number of nitrogens with zero attached hydrogens (tertiary/aromatic N) is 23. The van der Waals surface area contributed by atoms with Gasteiger partial charge in [0.2, 0.25) is 34.9 Å². The van der Waals surface area contributed by atoms with Gasteiger partial charge in [-0.05, 0) is 292 Å². The van der Waals surface area contributed by atoms with Crippen molar-refractivity contribution in [2.45, 2.75) is 192 Å². The number of nitrogens with one attached hydrogen (secondary N) is 8. The first kappa shape index (κ1) is 116. The molecule has 41 nitrogen and oxygen atoms in total. The molecule has 0 radical (unpaired) electrons. The number of aryl methyl sites for hydroxylation is 8. The van der Waals surface area contributed by atoms with Crippen molar-refractivity contribution < 1.29 is 148 Å². The molecule has 4 aliphatic carbocycles. The second kappa shape index (κ2) is 54.2. The largest absolute Gasteiger partial charge is 1.00 e. The minimum atomic E-state index is -0.181. The molecule has 10 N–H and O–H groups in total. The van der Waals surface area contributed by atoms with E-state index in [2.05, 4.69) is 208 Å². The Bertz CT molecular complexity index is 6970. The molecule has 4 saturated heterocycles. The quantitative estimate of drug-likeness (QED) is 0.00576. The third-order valence-corrected chi connectivity index (χ3v) is 27.2. The van der Waals surface area contributed by atoms with Gasteiger partial charge in [0.25, 0.3) is 6.47 Å². The molecule has 48 heteroatoms. The van der Waals surface area contributed by atoms with Crippen molar-refractivity contribution in [1.82, 2.24) is 99.0 Å². The molecule has 20 rings (SSSR count). The molecular formula is C102H117Cl5K2N32O9. The van der Waals surface area contributed by atoms with Crippen molar-refractivity contribution in [3.8, 4) is 47.3 Å². The summed E-state index contributed by atoms with van der Waals surface area (Å²) in [5.74, 6) is 8.11. The van der Waals surface area contributed by atoms with Crippen LogP contribution in [0.1, 0.15) is 209 Å². The second-order valence-electron chi connectivity index (χ2n) is 37.6. The normalized spacial score (nSPS) is 15.5. The van der Waals surface area contributed by atoms with Crippen molar-refractivity contribution in [2.75, 3.05) is 102 Å². The van der Waals surface area contributed by atoms with E-state index >= 15 is 0 Å². The number of nitrogen functional groups attached to an aromatic ring is 1. The minimum absolute atomic E-state index is 0.